The summed E-state index contributed by atoms with van der Waals surface area (Å²) >= 11 is 0. The molecule has 0 aliphatic carbocycles. The molecule has 21 heavy (non-hydrogen) atoms. The average Bonchev–Trinajstić information content (AvgIpc) is 2.52. The van der Waals surface area contributed by atoms with Crippen molar-refractivity contribution in [1.82, 2.24) is 5.32 Å². The van der Waals surface area contributed by atoms with Crippen LogP contribution in [0.5, 0.6) is 11.5 Å². The third kappa shape index (κ3) is 6.34. The summed E-state index contributed by atoms with van der Waals surface area (Å²) in [6.45, 7) is 2.90. The summed E-state index contributed by atoms with van der Waals surface area (Å²) in [5, 5.41) is 2.88. The first-order valence-electron chi connectivity index (χ1n) is 7.39. The van der Waals surface area contributed by atoms with E-state index in [9.17, 15) is 4.79 Å². The number of methoxy groups -OCH3 is 2. The third-order valence-corrected chi connectivity index (χ3v) is 3.18. The van der Waals surface area contributed by atoms with Gasteiger partial charge in [-0.25, -0.2) is 0 Å². The SMILES string of the molecule is CCCCCCNC(=O)/C=C\c1ccc(OC)cc1OC. The molecular weight excluding hydrogens is 266 g/mol. The predicted octanol–water partition coefficient (Wildman–Crippen LogP) is 3.41. The molecular formula is C17H25NO3. The van der Waals surface area contributed by atoms with E-state index in [4.69, 9.17) is 9.47 Å². The highest BCUT2D eigenvalue weighted by Gasteiger charge is 2.02. The molecule has 1 aromatic carbocycles. The van der Waals surface area contributed by atoms with Crippen LogP contribution in [0.25, 0.3) is 6.08 Å². The lowest BCUT2D eigenvalue weighted by atomic mass is 10.1. The molecule has 0 heterocycles. The van der Waals surface area contributed by atoms with Crippen molar-refractivity contribution in [2.24, 2.45) is 0 Å². The van der Waals surface area contributed by atoms with Gasteiger partial charge < -0.3 is 14.8 Å². The van der Waals surface area contributed by atoms with Crippen LogP contribution in [0.15, 0.2) is 24.3 Å². The number of hydrogen-bond donors (Lipinski definition) is 1. The molecule has 1 amide bonds. The Kier molecular flexibility index (Phi) is 8.02. The van der Waals surface area contributed by atoms with Crippen molar-refractivity contribution in [2.75, 3.05) is 20.8 Å². The molecule has 1 N–H and O–H groups in total. The van der Waals surface area contributed by atoms with Crippen LogP contribution in [-0.4, -0.2) is 26.7 Å². The van der Waals surface area contributed by atoms with Crippen molar-refractivity contribution < 1.29 is 14.3 Å². The Morgan fingerprint density at radius 3 is 2.67 bits per heavy atom. The van der Waals surface area contributed by atoms with Gasteiger partial charge >= 0.3 is 0 Å². The van der Waals surface area contributed by atoms with E-state index in [0.717, 1.165) is 30.7 Å². The fraction of sp³-hybridized carbons (Fsp3) is 0.471. The molecule has 0 unspecified atom stereocenters. The van der Waals surface area contributed by atoms with E-state index in [1.807, 2.05) is 12.1 Å². The molecule has 0 saturated carbocycles. The van der Waals surface area contributed by atoms with E-state index in [0.29, 0.717) is 5.75 Å². The molecule has 0 spiro atoms. The van der Waals surface area contributed by atoms with Crippen LogP contribution in [0.1, 0.15) is 38.2 Å². The molecule has 4 heteroatoms. The number of benzene rings is 1. The molecule has 0 aliphatic heterocycles. The summed E-state index contributed by atoms with van der Waals surface area (Å²) in [6.07, 6.45) is 7.88. The van der Waals surface area contributed by atoms with Gasteiger partial charge in [-0.3, -0.25) is 4.79 Å². The van der Waals surface area contributed by atoms with Gasteiger partial charge in [0.05, 0.1) is 14.2 Å². The minimum absolute atomic E-state index is 0.0793. The highest BCUT2D eigenvalue weighted by atomic mass is 16.5. The Morgan fingerprint density at radius 2 is 2.00 bits per heavy atom. The van der Waals surface area contributed by atoms with Crippen molar-refractivity contribution in [3.63, 3.8) is 0 Å². The first kappa shape index (κ1) is 17.1. The first-order chi connectivity index (χ1) is 10.2. The fourth-order valence-corrected chi connectivity index (χ4v) is 1.94. The summed E-state index contributed by atoms with van der Waals surface area (Å²) in [4.78, 5) is 11.7. The Balaban J connectivity index is 2.50. The number of amides is 1. The summed E-state index contributed by atoms with van der Waals surface area (Å²) in [5.41, 5.74) is 0.847. The lowest BCUT2D eigenvalue weighted by molar-refractivity contribution is -0.116. The Labute approximate surface area is 127 Å². The number of ether oxygens (including phenoxy) is 2. The summed E-state index contributed by atoms with van der Waals surface area (Å²) in [6, 6.07) is 5.50. The smallest absolute Gasteiger partial charge is 0.244 e. The van der Waals surface area contributed by atoms with Gasteiger partial charge in [-0.15, -0.1) is 0 Å². The highest BCUT2D eigenvalue weighted by molar-refractivity contribution is 5.92. The number of hydrogen-bond acceptors (Lipinski definition) is 3. The van der Waals surface area contributed by atoms with E-state index in [1.54, 1.807) is 26.4 Å². The molecule has 0 aromatic heterocycles. The second-order valence-corrected chi connectivity index (χ2v) is 4.79. The number of carbonyl (C=O) groups excluding carboxylic acids is 1. The zero-order chi connectivity index (χ0) is 15.5. The van der Waals surface area contributed by atoms with Gasteiger partial charge in [0.1, 0.15) is 11.5 Å². The Hall–Kier alpha value is -1.97. The summed E-state index contributed by atoms with van der Waals surface area (Å²) in [7, 11) is 3.20. The van der Waals surface area contributed by atoms with E-state index in [-0.39, 0.29) is 5.91 Å². The van der Waals surface area contributed by atoms with Crippen LogP contribution in [0.2, 0.25) is 0 Å². The van der Waals surface area contributed by atoms with Gasteiger partial charge in [-0.1, -0.05) is 26.2 Å². The maximum atomic E-state index is 11.7. The largest absolute Gasteiger partial charge is 0.497 e. The van der Waals surface area contributed by atoms with Gasteiger partial charge in [0, 0.05) is 24.3 Å². The summed E-state index contributed by atoms with van der Waals surface area (Å²) in [5.74, 6) is 1.33. The molecule has 1 rings (SSSR count). The predicted molar refractivity (Wildman–Crippen MR) is 85.7 cm³/mol. The molecule has 4 nitrogen and oxygen atoms in total. The molecule has 0 fully saturated rings. The maximum Gasteiger partial charge on any atom is 0.244 e. The maximum absolute atomic E-state index is 11.7. The normalized spacial score (nSPS) is 10.6. The molecule has 0 atom stereocenters. The van der Waals surface area contributed by atoms with E-state index < -0.39 is 0 Å². The Morgan fingerprint density at radius 1 is 1.19 bits per heavy atom. The topological polar surface area (TPSA) is 47.6 Å². The first-order valence-corrected chi connectivity index (χ1v) is 7.39. The molecule has 0 saturated heterocycles. The standard InChI is InChI=1S/C17H25NO3/c1-4-5-6-7-12-18-17(19)11-9-14-8-10-15(20-2)13-16(14)21-3/h8-11,13H,4-7,12H2,1-3H3,(H,18,19)/b11-9-. The van der Waals surface area contributed by atoms with Crippen LogP contribution in [0, 0.1) is 0 Å². The Bertz CT molecular complexity index is 469. The quantitative estimate of drug-likeness (QED) is 0.560. The summed E-state index contributed by atoms with van der Waals surface area (Å²) < 4.78 is 10.4. The van der Waals surface area contributed by atoms with Gasteiger partial charge in [-0.05, 0) is 24.6 Å². The highest BCUT2D eigenvalue weighted by Crippen LogP contribution is 2.25. The van der Waals surface area contributed by atoms with E-state index in [1.165, 1.54) is 18.9 Å². The number of nitrogens with one attached hydrogen (secondary N) is 1. The monoisotopic (exact) mass is 291 g/mol. The van der Waals surface area contributed by atoms with Gasteiger partial charge in [0.15, 0.2) is 0 Å². The number of rotatable bonds is 9. The fourth-order valence-electron chi connectivity index (χ4n) is 1.94. The average molecular weight is 291 g/mol. The molecule has 0 aliphatic rings. The van der Waals surface area contributed by atoms with Crippen LogP contribution >= 0.6 is 0 Å². The number of unbranched alkanes of at least 4 members (excludes halogenated alkanes) is 3. The zero-order valence-corrected chi connectivity index (χ0v) is 13.1. The second kappa shape index (κ2) is 9.86. The molecule has 0 bridgehead atoms. The van der Waals surface area contributed by atoms with E-state index in [2.05, 4.69) is 12.2 Å². The van der Waals surface area contributed by atoms with Crippen LogP contribution in [0.3, 0.4) is 0 Å². The van der Waals surface area contributed by atoms with Crippen molar-refractivity contribution in [1.29, 1.82) is 0 Å². The van der Waals surface area contributed by atoms with Crippen molar-refractivity contribution in [3.05, 3.63) is 29.8 Å². The van der Waals surface area contributed by atoms with Crippen LogP contribution in [0.4, 0.5) is 0 Å². The molecule has 116 valence electrons. The van der Waals surface area contributed by atoms with Crippen LogP contribution < -0.4 is 14.8 Å². The number of carbonyl (C=O) groups is 1. The van der Waals surface area contributed by atoms with E-state index >= 15 is 0 Å². The van der Waals surface area contributed by atoms with Gasteiger partial charge in [-0.2, -0.15) is 0 Å². The van der Waals surface area contributed by atoms with Crippen molar-refractivity contribution in [2.45, 2.75) is 32.6 Å². The zero-order valence-electron chi connectivity index (χ0n) is 13.1. The third-order valence-electron chi connectivity index (χ3n) is 3.18. The van der Waals surface area contributed by atoms with Crippen molar-refractivity contribution >= 4 is 12.0 Å². The lowest BCUT2D eigenvalue weighted by Crippen LogP contribution is -2.21. The second-order valence-electron chi connectivity index (χ2n) is 4.79. The van der Waals surface area contributed by atoms with Gasteiger partial charge in [0.2, 0.25) is 5.91 Å². The minimum Gasteiger partial charge on any atom is -0.497 e. The lowest BCUT2D eigenvalue weighted by Gasteiger charge is -2.07. The van der Waals surface area contributed by atoms with Crippen molar-refractivity contribution in [3.8, 4) is 11.5 Å². The van der Waals surface area contributed by atoms with Gasteiger partial charge in [0.25, 0.3) is 0 Å². The van der Waals surface area contributed by atoms with Crippen LogP contribution in [-0.2, 0) is 4.79 Å². The molecule has 0 radical (unpaired) electrons. The molecule has 1 aromatic rings. The minimum atomic E-state index is -0.0793.